The first kappa shape index (κ1) is 12.1. The number of hydrogen-bond donors (Lipinski definition) is 1. The first-order valence-electron chi connectivity index (χ1n) is 4.89. The fraction of sp³-hybridized carbons (Fsp3) is 0. The van der Waals surface area contributed by atoms with E-state index in [1.165, 1.54) is 30.5 Å². The van der Waals surface area contributed by atoms with Crippen molar-refractivity contribution >= 4 is 23.0 Å². The molecule has 0 unspecified atom stereocenters. The minimum Gasteiger partial charge on any atom is -0.432 e. The van der Waals surface area contributed by atoms with E-state index in [0.717, 1.165) is 0 Å². The van der Waals surface area contributed by atoms with Crippen molar-refractivity contribution in [1.82, 2.24) is 4.98 Å². The Morgan fingerprint density at radius 1 is 1.33 bits per heavy atom. The monoisotopic (exact) mass is 265 g/mol. The number of rotatable bonds is 3. The van der Waals surface area contributed by atoms with Gasteiger partial charge in [0.15, 0.2) is 0 Å². The highest BCUT2D eigenvalue weighted by Gasteiger charge is 2.16. The highest BCUT2D eigenvalue weighted by atomic mass is 35.5. The van der Waals surface area contributed by atoms with E-state index in [0.29, 0.717) is 5.69 Å². The molecule has 0 aliphatic carbocycles. The Kier molecular flexibility index (Phi) is 3.29. The van der Waals surface area contributed by atoms with Gasteiger partial charge in [-0.3, -0.25) is 10.1 Å². The molecule has 0 aliphatic rings. The molecule has 18 heavy (non-hydrogen) atoms. The lowest BCUT2D eigenvalue weighted by Crippen LogP contribution is -1.95. The number of nitro groups is 1. The van der Waals surface area contributed by atoms with E-state index in [2.05, 4.69) is 4.98 Å². The zero-order valence-electron chi connectivity index (χ0n) is 9.04. The van der Waals surface area contributed by atoms with Crippen molar-refractivity contribution in [2.45, 2.75) is 0 Å². The minimum atomic E-state index is -0.571. The van der Waals surface area contributed by atoms with Crippen molar-refractivity contribution in [2.24, 2.45) is 0 Å². The highest BCUT2D eigenvalue weighted by Crippen LogP contribution is 2.32. The van der Waals surface area contributed by atoms with E-state index in [9.17, 15) is 10.1 Å². The number of halogens is 1. The van der Waals surface area contributed by atoms with Gasteiger partial charge in [0.25, 0.3) is 0 Å². The van der Waals surface area contributed by atoms with Gasteiger partial charge in [-0.2, -0.15) is 0 Å². The van der Waals surface area contributed by atoms with Gasteiger partial charge in [0.05, 0.1) is 16.8 Å². The summed E-state index contributed by atoms with van der Waals surface area (Å²) in [4.78, 5) is 14.2. The van der Waals surface area contributed by atoms with Crippen LogP contribution in [0.25, 0.3) is 0 Å². The number of ether oxygens (including phenoxy) is 1. The van der Waals surface area contributed by atoms with Gasteiger partial charge in [0, 0.05) is 17.2 Å². The number of aromatic nitrogens is 1. The summed E-state index contributed by atoms with van der Waals surface area (Å²) in [6.45, 7) is 0. The van der Waals surface area contributed by atoms with E-state index in [1.54, 1.807) is 6.07 Å². The maximum atomic E-state index is 10.8. The predicted molar refractivity (Wildman–Crippen MR) is 66.8 cm³/mol. The lowest BCUT2D eigenvalue weighted by atomic mass is 10.3. The van der Waals surface area contributed by atoms with Gasteiger partial charge >= 0.3 is 5.69 Å². The minimum absolute atomic E-state index is 0.0710. The Morgan fingerprint density at radius 2 is 2.11 bits per heavy atom. The van der Waals surface area contributed by atoms with Crippen LogP contribution in [0.3, 0.4) is 0 Å². The Hall–Kier alpha value is -2.34. The van der Waals surface area contributed by atoms with Crippen molar-refractivity contribution in [2.75, 3.05) is 5.73 Å². The molecule has 1 heterocycles. The molecule has 1 aromatic carbocycles. The first-order valence-corrected chi connectivity index (χ1v) is 5.27. The fourth-order valence-electron chi connectivity index (χ4n) is 1.28. The highest BCUT2D eigenvalue weighted by molar-refractivity contribution is 6.30. The number of nitrogens with two attached hydrogens (primary N) is 1. The summed E-state index contributed by atoms with van der Waals surface area (Å²) in [6.07, 6.45) is 1.40. The van der Waals surface area contributed by atoms with E-state index >= 15 is 0 Å². The van der Waals surface area contributed by atoms with Crippen molar-refractivity contribution in [1.29, 1.82) is 0 Å². The third-order valence-electron chi connectivity index (χ3n) is 2.09. The molecular weight excluding hydrogens is 258 g/mol. The summed E-state index contributed by atoms with van der Waals surface area (Å²) >= 11 is 5.69. The van der Waals surface area contributed by atoms with Crippen molar-refractivity contribution in [3.63, 3.8) is 0 Å². The van der Waals surface area contributed by atoms with Crippen molar-refractivity contribution < 1.29 is 9.66 Å². The Morgan fingerprint density at radius 3 is 2.72 bits per heavy atom. The number of nitrogens with zero attached hydrogens (tertiary/aromatic N) is 2. The fourth-order valence-corrected chi connectivity index (χ4v) is 1.45. The molecule has 0 amide bonds. The van der Waals surface area contributed by atoms with Crippen LogP contribution < -0.4 is 10.5 Å². The van der Waals surface area contributed by atoms with E-state index in [1.807, 2.05) is 0 Å². The predicted octanol–water partition coefficient (Wildman–Crippen LogP) is 3.02. The summed E-state index contributed by atoms with van der Waals surface area (Å²) in [7, 11) is 0. The van der Waals surface area contributed by atoms with E-state index < -0.39 is 4.92 Å². The first-order chi connectivity index (χ1) is 8.56. The Labute approximate surface area is 107 Å². The van der Waals surface area contributed by atoms with E-state index in [-0.39, 0.29) is 22.3 Å². The Balaban J connectivity index is 2.34. The lowest BCUT2D eigenvalue weighted by molar-refractivity contribution is -0.385. The molecule has 1 aromatic heterocycles. The van der Waals surface area contributed by atoms with Crippen LogP contribution in [0.15, 0.2) is 36.5 Å². The van der Waals surface area contributed by atoms with Crippen LogP contribution in [0.2, 0.25) is 5.02 Å². The molecule has 0 bridgehead atoms. The van der Waals surface area contributed by atoms with Crippen LogP contribution in [-0.2, 0) is 0 Å². The van der Waals surface area contributed by atoms with E-state index in [4.69, 9.17) is 22.1 Å². The quantitative estimate of drug-likeness (QED) is 0.680. The molecule has 0 atom stereocenters. The summed E-state index contributed by atoms with van der Waals surface area (Å²) < 4.78 is 5.31. The van der Waals surface area contributed by atoms with Crippen LogP contribution in [0.4, 0.5) is 11.4 Å². The summed E-state index contributed by atoms with van der Waals surface area (Å²) in [5.41, 5.74) is 5.73. The maximum Gasteiger partial charge on any atom is 0.313 e. The molecule has 0 saturated carbocycles. The van der Waals surface area contributed by atoms with Crippen LogP contribution in [0.5, 0.6) is 11.6 Å². The second-order valence-corrected chi connectivity index (χ2v) is 3.84. The number of hydrogen-bond acceptors (Lipinski definition) is 5. The van der Waals surface area contributed by atoms with Crippen molar-refractivity contribution in [3.05, 3.63) is 51.7 Å². The molecule has 0 radical (unpaired) electrons. The number of anilines is 1. The van der Waals surface area contributed by atoms with Gasteiger partial charge in [0.1, 0.15) is 0 Å². The normalized spacial score (nSPS) is 10.1. The van der Waals surface area contributed by atoms with Gasteiger partial charge in [-0.25, -0.2) is 4.98 Å². The molecule has 0 fully saturated rings. The second kappa shape index (κ2) is 4.89. The summed E-state index contributed by atoms with van der Waals surface area (Å²) in [5, 5.41) is 11.1. The average molecular weight is 266 g/mol. The van der Waals surface area contributed by atoms with Crippen LogP contribution in [0, 0.1) is 10.1 Å². The molecule has 2 N–H and O–H groups in total. The molecule has 7 heteroatoms. The molecule has 0 spiro atoms. The topological polar surface area (TPSA) is 91.3 Å². The summed E-state index contributed by atoms with van der Waals surface area (Å²) in [5.74, 6) is 0.288. The number of benzene rings is 1. The largest absolute Gasteiger partial charge is 0.432 e. The molecule has 6 nitrogen and oxygen atoms in total. The summed E-state index contributed by atoms with van der Waals surface area (Å²) in [6, 6.07) is 7.24. The smallest absolute Gasteiger partial charge is 0.313 e. The molecule has 2 rings (SSSR count). The standard InChI is InChI=1S/C11H8ClN3O3/c12-7-1-3-10(9(5-7)15(16)17)18-11-4-2-8(13)6-14-11/h1-6H,13H2. The van der Waals surface area contributed by atoms with Gasteiger partial charge in [-0.1, -0.05) is 11.6 Å². The van der Waals surface area contributed by atoms with Gasteiger partial charge in [-0.15, -0.1) is 0 Å². The van der Waals surface area contributed by atoms with Gasteiger partial charge < -0.3 is 10.5 Å². The molecule has 0 saturated heterocycles. The van der Waals surface area contributed by atoms with Crippen LogP contribution >= 0.6 is 11.6 Å². The van der Waals surface area contributed by atoms with Crippen molar-refractivity contribution in [3.8, 4) is 11.6 Å². The third-order valence-corrected chi connectivity index (χ3v) is 2.33. The van der Waals surface area contributed by atoms with Crippen LogP contribution in [0.1, 0.15) is 0 Å². The Bertz CT molecular complexity index is 587. The van der Waals surface area contributed by atoms with Gasteiger partial charge in [-0.05, 0) is 18.2 Å². The zero-order valence-corrected chi connectivity index (χ0v) is 9.79. The lowest BCUT2D eigenvalue weighted by Gasteiger charge is -2.05. The van der Waals surface area contributed by atoms with Crippen LogP contribution in [-0.4, -0.2) is 9.91 Å². The number of nitrogen functional groups attached to an aromatic ring is 1. The molecule has 2 aromatic rings. The maximum absolute atomic E-state index is 10.8. The molecule has 92 valence electrons. The average Bonchev–Trinajstić information content (AvgIpc) is 2.34. The molecular formula is C11H8ClN3O3. The third kappa shape index (κ3) is 2.67. The van der Waals surface area contributed by atoms with Gasteiger partial charge in [0.2, 0.25) is 11.6 Å². The number of nitro benzene ring substituents is 1. The number of pyridine rings is 1. The zero-order chi connectivity index (χ0) is 13.1. The molecule has 0 aliphatic heterocycles. The second-order valence-electron chi connectivity index (χ2n) is 3.40. The SMILES string of the molecule is Nc1ccc(Oc2ccc(Cl)cc2[N+](=O)[O-])nc1.